The largest absolute Gasteiger partial charge is 0.336 e. The predicted molar refractivity (Wildman–Crippen MR) is 96.3 cm³/mol. The number of carbonyl (C=O) groups is 1. The van der Waals surface area contributed by atoms with Crippen molar-refractivity contribution >= 4 is 29.9 Å². The van der Waals surface area contributed by atoms with Crippen LogP contribution >= 0.6 is 24.0 Å². The van der Waals surface area contributed by atoms with Crippen molar-refractivity contribution in [2.75, 3.05) is 26.2 Å². The van der Waals surface area contributed by atoms with Gasteiger partial charge in [0.25, 0.3) is 5.91 Å². The van der Waals surface area contributed by atoms with Crippen LogP contribution in [0.4, 0.5) is 0 Å². The minimum absolute atomic E-state index is 0. The van der Waals surface area contributed by atoms with Crippen LogP contribution in [0.3, 0.4) is 0 Å². The van der Waals surface area contributed by atoms with Gasteiger partial charge in [-0.2, -0.15) is 0 Å². The van der Waals surface area contributed by atoms with E-state index in [2.05, 4.69) is 11.0 Å². The van der Waals surface area contributed by atoms with Crippen molar-refractivity contribution < 1.29 is 4.79 Å². The molecule has 5 heteroatoms. The van der Waals surface area contributed by atoms with Gasteiger partial charge >= 0.3 is 0 Å². The molecule has 3 nitrogen and oxygen atoms in total. The number of amides is 1. The van der Waals surface area contributed by atoms with E-state index in [4.69, 9.17) is 11.6 Å². The van der Waals surface area contributed by atoms with Gasteiger partial charge in [-0.25, -0.2) is 0 Å². The average molecular weight is 351 g/mol. The molecule has 0 bridgehead atoms. The molecule has 3 rings (SSSR count). The van der Waals surface area contributed by atoms with E-state index < -0.39 is 0 Å². The number of rotatable bonds is 3. The van der Waals surface area contributed by atoms with E-state index in [1.807, 2.05) is 53.4 Å². The van der Waals surface area contributed by atoms with Crippen LogP contribution in [0.5, 0.6) is 0 Å². The Morgan fingerprint density at radius 2 is 1.65 bits per heavy atom. The summed E-state index contributed by atoms with van der Waals surface area (Å²) in [7, 11) is 0. The van der Waals surface area contributed by atoms with Crippen LogP contribution in [-0.2, 0) is 6.54 Å². The Morgan fingerprint density at radius 1 is 0.957 bits per heavy atom. The van der Waals surface area contributed by atoms with Gasteiger partial charge in [-0.15, -0.1) is 12.4 Å². The number of hydrogen-bond acceptors (Lipinski definition) is 2. The fourth-order valence-corrected chi connectivity index (χ4v) is 2.98. The van der Waals surface area contributed by atoms with Crippen molar-refractivity contribution in [3.63, 3.8) is 0 Å². The van der Waals surface area contributed by atoms with E-state index in [1.165, 1.54) is 5.56 Å². The maximum Gasteiger partial charge on any atom is 0.253 e. The number of piperazine rings is 1. The van der Waals surface area contributed by atoms with E-state index >= 15 is 0 Å². The van der Waals surface area contributed by atoms with Crippen LogP contribution in [0.25, 0.3) is 0 Å². The molecule has 1 aliphatic heterocycles. The standard InChI is InChI=1S/C18H19ClN2O.ClH/c19-17-8-4-5-15(13-17)14-20-9-11-21(12-10-20)18(22)16-6-2-1-3-7-16;/h1-8,13H,9-12,14H2;1H. The molecule has 0 spiro atoms. The first-order valence-corrected chi connectivity index (χ1v) is 7.91. The van der Waals surface area contributed by atoms with E-state index in [9.17, 15) is 4.79 Å². The lowest BCUT2D eigenvalue weighted by atomic mass is 10.1. The molecule has 23 heavy (non-hydrogen) atoms. The monoisotopic (exact) mass is 350 g/mol. The van der Waals surface area contributed by atoms with Crippen molar-refractivity contribution in [2.24, 2.45) is 0 Å². The molecule has 1 saturated heterocycles. The number of nitrogens with zero attached hydrogens (tertiary/aromatic N) is 2. The van der Waals surface area contributed by atoms with Gasteiger partial charge in [0.05, 0.1) is 0 Å². The van der Waals surface area contributed by atoms with Crippen LogP contribution in [0.15, 0.2) is 54.6 Å². The Hall–Kier alpha value is -1.55. The molecule has 0 unspecified atom stereocenters. The molecule has 0 N–H and O–H groups in total. The maximum atomic E-state index is 12.4. The van der Waals surface area contributed by atoms with Crippen LogP contribution in [-0.4, -0.2) is 41.9 Å². The molecule has 0 saturated carbocycles. The third-order valence-electron chi connectivity index (χ3n) is 3.98. The summed E-state index contributed by atoms with van der Waals surface area (Å²) in [6.07, 6.45) is 0. The second kappa shape index (κ2) is 8.34. The Labute approximate surface area is 148 Å². The first-order chi connectivity index (χ1) is 10.7. The molecule has 2 aromatic rings. The highest BCUT2D eigenvalue weighted by molar-refractivity contribution is 6.30. The molecule has 1 amide bonds. The number of benzene rings is 2. The lowest BCUT2D eigenvalue weighted by molar-refractivity contribution is 0.0628. The van der Waals surface area contributed by atoms with Crippen molar-refractivity contribution in [1.82, 2.24) is 9.80 Å². The SMILES string of the molecule is Cl.O=C(c1ccccc1)N1CCN(Cc2cccc(Cl)c2)CC1. The molecular formula is C18H20Cl2N2O. The van der Waals surface area contributed by atoms with Crippen molar-refractivity contribution in [1.29, 1.82) is 0 Å². The molecule has 0 aromatic heterocycles. The van der Waals surface area contributed by atoms with E-state index in [-0.39, 0.29) is 18.3 Å². The third kappa shape index (κ3) is 4.71. The topological polar surface area (TPSA) is 23.6 Å². The highest BCUT2D eigenvalue weighted by Gasteiger charge is 2.21. The molecule has 0 atom stereocenters. The van der Waals surface area contributed by atoms with Gasteiger partial charge in [-0.05, 0) is 29.8 Å². The molecule has 1 fully saturated rings. The van der Waals surface area contributed by atoms with E-state index in [0.29, 0.717) is 0 Å². The summed E-state index contributed by atoms with van der Waals surface area (Å²) < 4.78 is 0. The van der Waals surface area contributed by atoms with Gasteiger partial charge in [0.15, 0.2) is 0 Å². The fraction of sp³-hybridized carbons (Fsp3) is 0.278. The minimum atomic E-state index is 0. The van der Waals surface area contributed by atoms with Crippen LogP contribution < -0.4 is 0 Å². The zero-order valence-electron chi connectivity index (χ0n) is 12.8. The second-order valence-electron chi connectivity index (χ2n) is 5.56. The Morgan fingerprint density at radius 3 is 2.30 bits per heavy atom. The summed E-state index contributed by atoms with van der Waals surface area (Å²) in [5.41, 5.74) is 1.99. The third-order valence-corrected chi connectivity index (χ3v) is 4.21. The van der Waals surface area contributed by atoms with Crippen LogP contribution in [0.2, 0.25) is 5.02 Å². The number of halogens is 2. The highest BCUT2D eigenvalue weighted by Crippen LogP contribution is 2.15. The van der Waals surface area contributed by atoms with Crippen molar-refractivity contribution in [3.05, 3.63) is 70.7 Å². The Balaban J connectivity index is 0.00000192. The second-order valence-corrected chi connectivity index (χ2v) is 6.00. The molecule has 1 aliphatic rings. The summed E-state index contributed by atoms with van der Waals surface area (Å²) in [4.78, 5) is 16.7. The first-order valence-electron chi connectivity index (χ1n) is 7.53. The Bertz CT molecular complexity index is 640. The van der Waals surface area contributed by atoms with Gasteiger partial charge in [0.2, 0.25) is 0 Å². The Kier molecular flexibility index (Phi) is 6.46. The minimum Gasteiger partial charge on any atom is -0.336 e. The normalized spacial score (nSPS) is 15.1. The van der Waals surface area contributed by atoms with Gasteiger partial charge in [-0.1, -0.05) is 41.9 Å². The first kappa shape index (κ1) is 17.8. The van der Waals surface area contributed by atoms with Crippen LogP contribution in [0, 0.1) is 0 Å². The molecule has 2 aromatic carbocycles. The van der Waals surface area contributed by atoms with Crippen molar-refractivity contribution in [2.45, 2.75) is 6.54 Å². The lowest BCUT2D eigenvalue weighted by Crippen LogP contribution is -2.48. The van der Waals surface area contributed by atoms with Crippen molar-refractivity contribution in [3.8, 4) is 0 Å². The molecule has 1 heterocycles. The smallest absolute Gasteiger partial charge is 0.253 e. The molecule has 0 radical (unpaired) electrons. The molecule has 122 valence electrons. The van der Waals surface area contributed by atoms with Crippen LogP contribution in [0.1, 0.15) is 15.9 Å². The molecule has 0 aliphatic carbocycles. The maximum absolute atomic E-state index is 12.4. The quantitative estimate of drug-likeness (QED) is 0.842. The number of hydrogen-bond donors (Lipinski definition) is 0. The zero-order chi connectivity index (χ0) is 15.4. The predicted octanol–water partition coefficient (Wildman–Crippen LogP) is 3.72. The highest BCUT2D eigenvalue weighted by atomic mass is 35.5. The van der Waals surface area contributed by atoms with Gasteiger partial charge in [0, 0.05) is 43.3 Å². The fourth-order valence-electron chi connectivity index (χ4n) is 2.77. The van der Waals surface area contributed by atoms with Gasteiger partial charge in [-0.3, -0.25) is 9.69 Å². The summed E-state index contributed by atoms with van der Waals surface area (Å²) in [6, 6.07) is 17.5. The molecular weight excluding hydrogens is 331 g/mol. The summed E-state index contributed by atoms with van der Waals surface area (Å²) in [6.45, 7) is 4.21. The van der Waals surface area contributed by atoms with Gasteiger partial charge < -0.3 is 4.90 Å². The summed E-state index contributed by atoms with van der Waals surface area (Å²) in [5, 5.41) is 0.774. The average Bonchev–Trinajstić information content (AvgIpc) is 2.56. The van der Waals surface area contributed by atoms with Gasteiger partial charge in [0.1, 0.15) is 0 Å². The lowest BCUT2D eigenvalue weighted by Gasteiger charge is -2.34. The summed E-state index contributed by atoms with van der Waals surface area (Å²) >= 11 is 6.02. The van der Waals surface area contributed by atoms with E-state index in [1.54, 1.807) is 0 Å². The van der Waals surface area contributed by atoms with E-state index in [0.717, 1.165) is 43.3 Å². The number of carbonyl (C=O) groups excluding carboxylic acids is 1. The summed E-state index contributed by atoms with van der Waals surface area (Å²) in [5.74, 6) is 0.128. The zero-order valence-corrected chi connectivity index (χ0v) is 14.4.